The fraction of sp³-hybridized carbons (Fsp3) is 0.455. The molecular weight excluding hydrogens is 338 g/mol. The van der Waals surface area contributed by atoms with Crippen LogP contribution < -0.4 is 0 Å². The second-order valence-corrected chi connectivity index (χ2v) is 7.48. The first kappa shape index (κ1) is 19.2. The minimum absolute atomic E-state index is 0.00607. The van der Waals surface area contributed by atoms with E-state index in [-0.39, 0.29) is 30.3 Å². The quantitative estimate of drug-likeness (QED) is 0.814. The van der Waals surface area contributed by atoms with E-state index in [0.29, 0.717) is 13.1 Å². The van der Waals surface area contributed by atoms with Crippen LogP contribution in [0.4, 0.5) is 0 Å². The molecule has 2 heterocycles. The van der Waals surface area contributed by atoms with Gasteiger partial charge in [0.05, 0.1) is 12.6 Å². The van der Waals surface area contributed by atoms with Gasteiger partial charge in [0, 0.05) is 37.4 Å². The molecule has 2 amide bonds. The highest BCUT2D eigenvalue weighted by Gasteiger charge is 2.34. The van der Waals surface area contributed by atoms with Crippen LogP contribution in [0.15, 0.2) is 42.6 Å². The van der Waals surface area contributed by atoms with E-state index in [9.17, 15) is 9.59 Å². The average molecular weight is 367 g/mol. The Morgan fingerprint density at radius 3 is 2.56 bits per heavy atom. The van der Waals surface area contributed by atoms with Gasteiger partial charge in [-0.3, -0.25) is 9.59 Å². The molecule has 0 N–H and O–H groups in total. The smallest absolute Gasteiger partial charge is 0.243 e. The Kier molecular flexibility index (Phi) is 5.68. The first-order valence-electron chi connectivity index (χ1n) is 9.72. The monoisotopic (exact) mass is 367 g/mol. The molecule has 144 valence electrons. The molecule has 0 radical (unpaired) electrons. The minimum Gasteiger partial charge on any atom is -0.348 e. The molecule has 1 atom stereocenters. The van der Waals surface area contributed by atoms with E-state index in [4.69, 9.17) is 0 Å². The van der Waals surface area contributed by atoms with Crippen molar-refractivity contribution in [2.75, 3.05) is 19.6 Å². The number of aromatic nitrogens is 1. The fourth-order valence-electron chi connectivity index (χ4n) is 3.84. The van der Waals surface area contributed by atoms with Crippen LogP contribution in [0.1, 0.15) is 43.6 Å². The molecule has 5 nitrogen and oxygen atoms in total. The Morgan fingerprint density at radius 2 is 1.89 bits per heavy atom. The molecule has 1 aliphatic rings. The number of nitrogens with zero attached hydrogens (tertiary/aromatic N) is 3. The van der Waals surface area contributed by atoms with E-state index < -0.39 is 0 Å². The summed E-state index contributed by atoms with van der Waals surface area (Å²) in [4.78, 5) is 29.3. The molecule has 1 aliphatic heterocycles. The van der Waals surface area contributed by atoms with E-state index in [1.165, 1.54) is 5.56 Å². The van der Waals surface area contributed by atoms with Crippen LogP contribution in [-0.2, 0) is 16.1 Å². The zero-order valence-electron chi connectivity index (χ0n) is 16.7. The molecule has 1 aromatic carbocycles. The van der Waals surface area contributed by atoms with Crippen LogP contribution in [0.3, 0.4) is 0 Å². The number of fused-ring (bicyclic) bond motifs is 1. The third-order valence-electron chi connectivity index (χ3n) is 5.36. The lowest BCUT2D eigenvalue weighted by Gasteiger charge is -2.39. The van der Waals surface area contributed by atoms with Gasteiger partial charge >= 0.3 is 0 Å². The molecule has 27 heavy (non-hydrogen) atoms. The van der Waals surface area contributed by atoms with Crippen molar-refractivity contribution in [2.24, 2.45) is 5.92 Å². The SMILES string of the molecule is CCN(CC(=O)N1CCn2cccc2[C@H]1c1ccccc1C)C(=O)C(C)C. The van der Waals surface area contributed by atoms with Crippen molar-refractivity contribution in [3.8, 4) is 0 Å². The highest BCUT2D eigenvalue weighted by molar-refractivity contribution is 5.86. The van der Waals surface area contributed by atoms with Crippen LogP contribution in [0, 0.1) is 12.8 Å². The first-order valence-corrected chi connectivity index (χ1v) is 9.72. The predicted octanol–water partition coefficient (Wildman–Crippen LogP) is 3.23. The lowest BCUT2D eigenvalue weighted by atomic mass is 9.95. The average Bonchev–Trinajstić information content (AvgIpc) is 3.14. The van der Waals surface area contributed by atoms with E-state index in [0.717, 1.165) is 17.8 Å². The number of carbonyl (C=O) groups is 2. The zero-order chi connectivity index (χ0) is 19.6. The minimum atomic E-state index is -0.115. The Balaban J connectivity index is 1.92. The van der Waals surface area contributed by atoms with Crippen molar-refractivity contribution in [2.45, 2.75) is 40.3 Å². The number of rotatable bonds is 5. The van der Waals surface area contributed by atoms with Gasteiger partial charge < -0.3 is 14.4 Å². The van der Waals surface area contributed by atoms with Crippen molar-refractivity contribution in [3.63, 3.8) is 0 Å². The lowest BCUT2D eigenvalue weighted by molar-refractivity contribution is -0.143. The Hall–Kier alpha value is -2.56. The van der Waals surface area contributed by atoms with Crippen LogP contribution in [0.5, 0.6) is 0 Å². The van der Waals surface area contributed by atoms with Gasteiger partial charge in [-0.1, -0.05) is 38.1 Å². The van der Waals surface area contributed by atoms with Gasteiger partial charge in [-0.25, -0.2) is 0 Å². The first-order chi connectivity index (χ1) is 12.9. The van der Waals surface area contributed by atoms with E-state index >= 15 is 0 Å². The number of carbonyl (C=O) groups excluding carboxylic acids is 2. The highest BCUT2D eigenvalue weighted by Crippen LogP contribution is 2.34. The lowest BCUT2D eigenvalue weighted by Crippen LogP contribution is -2.48. The molecule has 0 bridgehead atoms. The summed E-state index contributed by atoms with van der Waals surface area (Å²) in [7, 11) is 0. The molecule has 0 unspecified atom stereocenters. The zero-order valence-corrected chi connectivity index (χ0v) is 16.7. The molecule has 0 saturated heterocycles. The fourth-order valence-corrected chi connectivity index (χ4v) is 3.84. The summed E-state index contributed by atoms with van der Waals surface area (Å²) < 4.78 is 2.22. The van der Waals surface area contributed by atoms with Crippen LogP contribution >= 0.6 is 0 Å². The van der Waals surface area contributed by atoms with Gasteiger partial charge in [0.1, 0.15) is 0 Å². The van der Waals surface area contributed by atoms with E-state index in [1.54, 1.807) is 4.90 Å². The molecule has 3 rings (SSSR count). The molecule has 1 aromatic heterocycles. The van der Waals surface area contributed by atoms with Crippen LogP contribution in [0.25, 0.3) is 0 Å². The maximum Gasteiger partial charge on any atom is 0.243 e. The molecule has 0 fully saturated rings. The van der Waals surface area contributed by atoms with Crippen molar-refractivity contribution in [3.05, 3.63) is 59.4 Å². The Morgan fingerprint density at radius 1 is 1.15 bits per heavy atom. The molecule has 0 saturated carbocycles. The third-order valence-corrected chi connectivity index (χ3v) is 5.36. The maximum absolute atomic E-state index is 13.2. The normalized spacial score (nSPS) is 16.3. The van der Waals surface area contributed by atoms with Gasteiger partial charge in [0.2, 0.25) is 11.8 Å². The summed E-state index contributed by atoms with van der Waals surface area (Å²) in [6.45, 7) is 9.86. The number of hydrogen-bond acceptors (Lipinski definition) is 2. The molecule has 5 heteroatoms. The summed E-state index contributed by atoms with van der Waals surface area (Å²) >= 11 is 0. The van der Waals surface area contributed by atoms with Gasteiger partial charge in [-0.15, -0.1) is 0 Å². The number of hydrogen-bond donors (Lipinski definition) is 0. The van der Waals surface area contributed by atoms with E-state index in [2.05, 4.69) is 35.9 Å². The van der Waals surface area contributed by atoms with E-state index in [1.807, 2.05) is 43.9 Å². The van der Waals surface area contributed by atoms with Gasteiger partial charge in [-0.2, -0.15) is 0 Å². The van der Waals surface area contributed by atoms with Crippen molar-refractivity contribution in [1.29, 1.82) is 0 Å². The van der Waals surface area contributed by atoms with Gasteiger partial charge in [0.15, 0.2) is 0 Å². The summed E-state index contributed by atoms with van der Waals surface area (Å²) in [6.07, 6.45) is 2.07. The Labute approximate surface area is 161 Å². The second-order valence-electron chi connectivity index (χ2n) is 7.48. The predicted molar refractivity (Wildman–Crippen MR) is 106 cm³/mol. The Bertz CT molecular complexity index is 824. The molecule has 2 aromatic rings. The van der Waals surface area contributed by atoms with Gasteiger partial charge in [-0.05, 0) is 37.1 Å². The highest BCUT2D eigenvalue weighted by atomic mass is 16.2. The van der Waals surface area contributed by atoms with Crippen molar-refractivity contribution >= 4 is 11.8 Å². The van der Waals surface area contributed by atoms with Crippen molar-refractivity contribution < 1.29 is 9.59 Å². The van der Waals surface area contributed by atoms with Gasteiger partial charge in [0.25, 0.3) is 0 Å². The standard InChI is InChI=1S/C22H29N3O2/c1-5-23(22(27)16(2)3)15-20(26)25-14-13-24-12-8-11-19(24)21(25)18-10-7-6-9-17(18)4/h6-12,16,21H,5,13-15H2,1-4H3/t21-/m1/s1. The topological polar surface area (TPSA) is 45.6 Å². The maximum atomic E-state index is 13.2. The largest absolute Gasteiger partial charge is 0.348 e. The molecule has 0 spiro atoms. The number of benzene rings is 1. The number of aryl methyl sites for hydroxylation is 1. The second kappa shape index (κ2) is 7.99. The molecular formula is C22H29N3O2. The summed E-state index contributed by atoms with van der Waals surface area (Å²) in [5.41, 5.74) is 3.44. The summed E-state index contributed by atoms with van der Waals surface area (Å²) in [5, 5.41) is 0. The number of likely N-dealkylation sites (N-methyl/N-ethyl adjacent to an activating group) is 1. The number of amides is 2. The van der Waals surface area contributed by atoms with Crippen LogP contribution in [0.2, 0.25) is 0 Å². The third kappa shape index (κ3) is 3.77. The van der Waals surface area contributed by atoms with Crippen molar-refractivity contribution in [1.82, 2.24) is 14.4 Å². The van der Waals surface area contributed by atoms with Crippen LogP contribution in [-0.4, -0.2) is 45.8 Å². The summed E-state index contributed by atoms with van der Waals surface area (Å²) in [6, 6.07) is 12.2. The summed E-state index contributed by atoms with van der Waals surface area (Å²) in [5.74, 6) is -0.0752. The molecule has 0 aliphatic carbocycles.